The van der Waals surface area contributed by atoms with Crippen molar-refractivity contribution in [3.05, 3.63) is 24.3 Å². The average Bonchev–Trinajstić information content (AvgIpc) is 3.03. The van der Waals surface area contributed by atoms with E-state index in [0.29, 0.717) is 0 Å². The fourth-order valence-corrected chi connectivity index (χ4v) is 6.10. The van der Waals surface area contributed by atoms with E-state index < -0.39 is 0 Å². The molecule has 0 unspecified atom stereocenters. The van der Waals surface area contributed by atoms with Crippen molar-refractivity contribution < 1.29 is 14.9 Å². The van der Waals surface area contributed by atoms with Crippen molar-refractivity contribution in [2.45, 2.75) is 219 Å². The predicted octanol–water partition coefficient (Wildman–Crippen LogP) is 14.6. The number of phenolic OH excluding ortho intramolecular Hbond substituents is 2. The van der Waals surface area contributed by atoms with E-state index in [-0.39, 0.29) is 11.5 Å². The lowest BCUT2D eigenvalue weighted by atomic mass is 10.0. The van der Waals surface area contributed by atoms with E-state index in [2.05, 4.69) is 13.8 Å². The highest BCUT2D eigenvalue weighted by Crippen LogP contribution is 2.16. The van der Waals surface area contributed by atoms with Crippen LogP contribution in [0.25, 0.3) is 0 Å². The minimum atomic E-state index is 0.0880. The fraction of sp³-hybridized carbons (Fsp3) is 0.857. The van der Waals surface area contributed by atoms with E-state index in [0.717, 1.165) is 13.2 Å². The summed E-state index contributed by atoms with van der Waals surface area (Å²) in [4.78, 5) is 0. The molecule has 0 heterocycles. The van der Waals surface area contributed by atoms with Gasteiger partial charge in [0.2, 0.25) is 0 Å². The van der Waals surface area contributed by atoms with E-state index in [9.17, 15) is 0 Å². The molecule has 266 valence electrons. The monoisotopic (exact) mass is 633 g/mol. The molecule has 0 atom stereocenters. The van der Waals surface area contributed by atoms with Crippen LogP contribution in [0.4, 0.5) is 0 Å². The molecule has 0 saturated heterocycles. The van der Waals surface area contributed by atoms with Crippen LogP contribution in [0, 0.1) is 0 Å². The molecule has 0 aliphatic carbocycles. The minimum Gasteiger partial charge on any atom is -0.508 e. The van der Waals surface area contributed by atoms with E-state index >= 15 is 0 Å². The quantitative estimate of drug-likeness (QED) is 0.0743. The SMILES string of the molecule is CCCCCCCCCCCCCCCCCCOCCCCCCCCCCCCCCCCCC.Oc1cccc(O)c1. The molecule has 2 N–H and O–H groups in total. The molecule has 0 radical (unpaired) electrons. The molecule has 0 amide bonds. The minimum absolute atomic E-state index is 0.0880. The molecule has 0 aliphatic rings. The second kappa shape index (κ2) is 39.0. The summed E-state index contributed by atoms with van der Waals surface area (Å²) in [5.41, 5.74) is 0. The Morgan fingerprint density at radius 2 is 0.578 bits per heavy atom. The summed E-state index contributed by atoms with van der Waals surface area (Å²) in [5.74, 6) is 0.176. The van der Waals surface area contributed by atoms with Crippen LogP contribution in [0.5, 0.6) is 11.5 Å². The summed E-state index contributed by atoms with van der Waals surface area (Å²) in [7, 11) is 0. The lowest BCUT2D eigenvalue weighted by molar-refractivity contribution is 0.125. The van der Waals surface area contributed by atoms with Gasteiger partial charge in [-0.05, 0) is 25.0 Å². The molecule has 1 aromatic carbocycles. The zero-order valence-electron chi connectivity index (χ0n) is 30.7. The number of hydrogen-bond acceptors (Lipinski definition) is 3. The van der Waals surface area contributed by atoms with Crippen LogP contribution < -0.4 is 0 Å². The molecule has 0 fully saturated rings. The second-order valence-electron chi connectivity index (χ2n) is 13.7. The van der Waals surface area contributed by atoms with Crippen molar-refractivity contribution in [3.63, 3.8) is 0 Å². The smallest absolute Gasteiger partial charge is 0.119 e. The number of benzene rings is 1. The highest BCUT2D eigenvalue weighted by molar-refractivity contribution is 5.30. The molecule has 1 rings (SSSR count). The maximum absolute atomic E-state index is 8.65. The Morgan fingerprint density at radius 3 is 0.778 bits per heavy atom. The molecule has 3 heteroatoms. The van der Waals surface area contributed by atoms with Gasteiger partial charge in [-0.2, -0.15) is 0 Å². The molecular formula is C42H80O3. The fourth-order valence-electron chi connectivity index (χ4n) is 6.10. The molecule has 1 aromatic rings. The summed E-state index contributed by atoms with van der Waals surface area (Å²) in [6.07, 6.45) is 46.0. The molecule has 0 bridgehead atoms. The van der Waals surface area contributed by atoms with Crippen LogP contribution in [0.1, 0.15) is 219 Å². The lowest BCUT2D eigenvalue weighted by Gasteiger charge is -2.06. The molecule has 0 spiro atoms. The van der Waals surface area contributed by atoms with Gasteiger partial charge in [0.1, 0.15) is 11.5 Å². The molecular weight excluding hydrogens is 552 g/mol. The van der Waals surface area contributed by atoms with Crippen LogP contribution in [0.15, 0.2) is 24.3 Å². The van der Waals surface area contributed by atoms with E-state index in [4.69, 9.17) is 14.9 Å². The maximum Gasteiger partial charge on any atom is 0.119 e. The summed E-state index contributed by atoms with van der Waals surface area (Å²) in [6, 6.07) is 5.85. The van der Waals surface area contributed by atoms with Crippen LogP contribution in [-0.2, 0) is 4.74 Å². The highest BCUT2D eigenvalue weighted by Gasteiger charge is 1.97. The van der Waals surface area contributed by atoms with E-state index in [1.807, 2.05) is 0 Å². The number of hydrogen-bond donors (Lipinski definition) is 2. The molecule has 45 heavy (non-hydrogen) atoms. The van der Waals surface area contributed by atoms with Crippen molar-refractivity contribution in [1.82, 2.24) is 0 Å². The van der Waals surface area contributed by atoms with Gasteiger partial charge in [-0.1, -0.05) is 213 Å². The molecule has 3 nitrogen and oxygen atoms in total. The standard InChI is InChI=1S/C36H74O.C6H6O2/c1-3-5-7-9-11-13-15-17-19-21-23-25-27-29-31-33-35-37-36-34-32-30-28-26-24-22-20-18-16-14-12-10-8-6-4-2;7-5-2-1-3-6(8)4-5/h3-36H2,1-2H3;1-4,7-8H. The van der Waals surface area contributed by atoms with Gasteiger partial charge < -0.3 is 14.9 Å². The first-order valence-corrected chi connectivity index (χ1v) is 20.3. The van der Waals surface area contributed by atoms with Gasteiger partial charge in [0.15, 0.2) is 0 Å². The van der Waals surface area contributed by atoms with Gasteiger partial charge >= 0.3 is 0 Å². The zero-order chi connectivity index (χ0) is 32.7. The Labute approximate surface area is 282 Å². The number of unbranched alkanes of at least 4 members (excludes halogenated alkanes) is 30. The van der Waals surface area contributed by atoms with Gasteiger partial charge in [-0.3, -0.25) is 0 Å². The molecule has 0 aromatic heterocycles. The normalized spacial score (nSPS) is 11.1. The largest absolute Gasteiger partial charge is 0.508 e. The Kier molecular flexibility index (Phi) is 37.9. The van der Waals surface area contributed by atoms with Crippen molar-refractivity contribution in [3.8, 4) is 11.5 Å². The van der Waals surface area contributed by atoms with Gasteiger partial charge in [0.25, 0.3) is 0 Å². The van der Waals surface area contributed by atoms with Crippen LogP contribution in [0.2, 0.25) is 0 Å². The summed E-state index contributed by atoms with van der Waals surface area (Å²) < 4.78 is 5.87. The van der Waals surface area contributed by atoms with Crippen LogP contribution in [-0.4, -0.2) is 23.4 Å². The Morgan fingerprint density at radius 1 is 0.356 bits per heavy atom. The summed E-state index contributed by atoms with van der Waals surface area (Å²) in [5, 5.41) is 17.3. The summed E-state index contributed by atoms with van der Waals surface area (Å²) >= 11 is 0. The first kappa shape index (κ1) is 43.8. The molecule has 0 aliphatic heterocycles. The number of phenols is 2. The van der Waals surface area contributed by atoms with Crippen LogP contribution in [0.3, 0.4) is 0 Å². The topological polar surface area (TPSA) is 49.7 Å². The third kappa shape index (κ3) is 38.9. The van der Waals surface area contributed by atoms with Gasteiger partial charge in [0.05, 0.1) is 0 Å². The average molecular weight is 633 g/mol. The van der Waals surface area contributed by atoms with E-state index in [1.165, 1.54) is 224 Å². The van der Waals surface area contributed by atoms with Crippen molar-refractivity contribution in [1.29, 1.82) is 0 Å². The first-order chi connectivity index (χ1) is 22.2. The van der Waals surface area contributed by atoms with Crippen molar-refractivity contribution >= 4 is 0 Å². The third-order valence-electron chi connectivity index (χ3n) is 9.11. The number of ether oxygens (including phenoxy) is 1. The van der Waals surface area contributed by atoms with Crippen LogP contribution >= 0.6 is 0 Å². The number of rotatable bonds is 34. The predicted molar refractivity (Wildman–Crippen MR) is 200 cm³/mol. The van der Waals surface area contributed by atoms with E-state index in [1.54, 1.807) is 6.07 Å². The maximum atomic E-state index is 8.65. The van der Waals surface area contributed by atoms with Gasteiger partial charge in [-0.15, -0.1) is 0 Å². The number of aromatic hydroxyl groups is 2. The second-order valence-corrected chi connectivity index (χ2v) is 13.7. The lowest BCUT2D eigenvalue weighted by Crippen LogP contribution is -1.97. The van der Waals surface area contributed by atoms with Gasteiger partial charge in [-0.25, -0.2) is 0 Å². The first-order valence-electron chi connectivity index (χ1n) is 20.3. The molecule has 0 saturated carbocycles. The van der Waals surface area contributed by atoms with Crippen molar-refractivity contribution in [2.75, 3.05) is 13.2 Å². The van der Waals surface area contributed by atoms with Crippen molar-refractivity contribution in [2.24, 2.45) is 0 Å². The Hall–Kier alpha value is -1.22. The Balaban J connectivity index is 0.00000208. The summed E-state index contributed by atoms with van der Waals surface area (Å²) in [6.45, 7) is 6.60. The third-order valence-corrected chi connectivity index (χ3v) is 9.11. The zero-order valence-corrected chi connectivity index (χ0v) is 30.7. The Bertz CT molecular complexity index is 610. The highest BCUT2D eigenvalue weighted by atomic mass is 16.5. The van der Waals surface area contributed by atoms with Gasteiger partial charge in [0, 0.05) is 19.3 Å².